The molecule has 1 N–H and O–H groups in total. The summed E-state index contributed by atoms with van der Waals surface area (Å²) in [6.07, 6.45) is 1.49. The summed E-state index contributed by atoms with van der Waals surface area (Å²) in [7, 11) is 0. The minimum atomic E-state index is -1.90. The fourth-order valence-electron chi connectivity index (χ4n) is 0.700. The number of Topliss-reactive ketones (excluding diaryl/α,β-unsaturated/α-hetero) is 1. The van der Waals surface area contributed by atoms with Gasteiger partial charge in [0.25, 0.3) is 0 Å². The van der Waals surface area contributed by atoms with Crippen LogP contribution in [0.25, 0.3) is 0 Å². The van der Waals surface area contributed by atoms with Gasteiger partial charge >= 0.3 is 0 Å². The Kier molecular flexibility index (Phi) is 2.85. The van der Waals surface area contributed by atoms with Gasteiger partial charge in [-0.1, -0.05) is 0 Å². The number of amides is 1. The van der Waals surface area contributed by atoms with Crippen LogP contribution in [0.5, 0.6) is 0 Å². The zero-order chi connectivity index (χ0) is 10.6. The number of hydrogen-bond acceptors (Lipinski definition) is 6. The summed E-state index contributed by atoms with van der Waals surface area (Å²) < 4.78 is 0. The van der Waals surface area contributed by atoms with E-state index in [2.05, 4.69) is 15.3 Å². The van der Waals surface area contributed by atoms with Crippen LogP contribution in [0.15, 0.2) is 12.3 Å². The van der Waals surface area contributed by atoms with Gasteiger partial charge in [-0.05, 0) is 6.07 Å². The van der Waals surface area contributed by atoms with Gasteiger partial charge in [0.15, 0.2) is 0 Å². The second-order valence-corrected chi connectivity index (χ2v) is 2.14. The summed E-state index contributed by atoms with van der Waals surface area (Å²) in [5.41, 5.74) is 0. The standard InChI is InChI=1S/C7H5N3O4/c11-3-9-4-1-2-8-6(10-4)5(12)7(13)14/h1-3H,(H,13,14)(H,8,9,10,11)/p-1. The molecule has 0 radical (unpaired) electrons. The lowest BCUT2D eigenvalue weighted by Gasteiger charge is -2.01. The third kappa shape index (κ3) is 2.09. The summed E-state index contributed by atoms with van der Waals surface area (Å²) in [6, 6.07) is 1.31. The smallest absolute Gasteiger partial charge is 0.245 e. The van der Waals surface area contributed by atoms with E-state index in [4.69, 9.17) is 0 Å². The number of nitrogens with zero attached hydrogens (tertiary/aromatic N) is 2. The SMILES string of the molecule is O=CNc1ccnc(C(=O)C(=O)[O-])n1. The van der Waals surface area contributed by atoms with Crippen molar-refractivity contribution in [3.05, 3.63) is 18.1 Å². The highest BCUT2D eigenvalue weighted by Crippen LogP contribution is 2.00. The molecule has 1 aromatic rings. The predicted octanol–water partition coefficient (Wildman–Crippen LogP) is -2.02. The number of rotatable bonds is 4. The highest BCUT2D eigenvalue weighted by atomic mass is 16.4. The van der Waals surface area contributed by atoms with Crippen LogP contribution in [0, 0.1) is 0 Å². The first-order chi connectivity index (χ1) is 6.65. The molecule has 7 heteroatoms. The van der Waals surface area contributed by atoms with Gasteiger partial charge in [-0.2, -0.15) is 0 Å². The Morgan fingerprint density at radius 3 is 2.79 bits per heavy atom. The fourth-order valence-corrected chi connectivity index (χ4v) is 0.700. The zero-order valence-electron chi connectivity index (χ0n) is 6.76. The van der Waals surface area contributed by atoms with Crippen LogP contribution in [-0.2, 0) is 9.59 Å². The van der Waals surface area contributed by atoms with E-state index in [0.29, 0.717) is 6.41 Å². The van der Waals surface area contributed by atoms with E-state index in [1.807, 2.05) is 0 Å². The molecule has 1 aromatic heterocycles. The van der Waals surface area contributed by atoms with Gasteiger partial charge in [-0.25, -0.2) is 9.97 Å². The van der Waals surface area contributed by atoms with Crippen molar-refractivity contribution in [1.29, 1.82) is 0 Å². The van der Waals surface area contributed by atoms with Crippen molar-refractivity contribution >= 4 is 24.0 Å². The maximum atomic E-state index is 10.8. The van der Waals surface area contributed by atoms with Crippen LogP contribution < -0.4 is 10.4 Å². The van der Waals surface area contributed by atoms with Crippen molar-refractivity contribution in [2.45, 2.75) is 0 Å². The van der Waals surface area contributed by atoms with Gasteiger partial charge in [0, 0.05) is 6.20 Å². The van der Waals surface area contributed by atoms with Crippen LogP contribution >= 0.6 is 0 Å². The van der Waals surface area contributed by atoms with Crippen molar-refractivity contribution in [2.24, 2.45) is 0 Å². The quantitative estimate of drug-likeness (QED) is 0.336. The summed E-state index contributed by atoms with van der Waals surface area (Å²) >= 11 is 0. The van der Waals surface area contributed by atoms with E-state index in [9.17, 15) is 19.5 Å². The second kappa shape index (κ2) is 4.08. The Hall–Kier alpha value is -2.31. The van der Waals surface area contributed by atoms with Crippen LogP contribution in [0.1, 0.15) is 10.6 Å². The first kappa shape index (κ1) is 9.78. The molecule has 0 bridgehead atoms. The zero-order valence-corrected chi connectivity index (χ0v) is 6.76. The molecule has 0 aliphatic heterocycles. The average molecular weight is 194 g/mol. The first-order valence-electron chi connectivity index (χ1n) is 3.44. The monoisotopic (exact) mass is 194 g/mol. The van der Waals surface area contributed by atoms with Crippen molar-refractivity contribution < 1.29 is 19.5 Å². The number of carbonyl (C=O) groups excluding carboxylic acids is 3. The number of carboxylic acid groups (broad SMARTS) is 1. The minimum absolute atomic E-state index is 0.0413. The van der Waals surface area contributed by atoms with Gasteiger partial charge in [-0.3, -0.25) is 9.59 Å². The van der Waals surface area contributed by atoms with E-state index in [1.165, 1.54) is 6.07 Å². The van der Waals surface area contributed by atoms with E-state index in [1.54, 1.807) is 0 Å². The molecule has 0 saturated heterocycles. The fraction of sp³-hybridized carbons (Fsp3) is 0. The molecular formula is C7H4N3O4-. The summed E-state index contributed by atoms with van der Waals surface area (Å²) in [5, 5.41) is 12.3. The Morgan fingerprint density at radius 1 is 1.50 bits per heavy atom. The number of carboxylic acids is 1. The molecule has 0 saturated carbocycles. The Labute approximate surface area is 77.8 Å². The van der Waals surface area contributed by atoms with Crippen LogP contribution in [-0.4, -0.2) is 28.1 Å². The van der Waals surface area contributed by atoms with Crippen molar-refractivity contribution in [3.63, 3.8) is 0 Å². The van der Waals surface area contributed by atoms with E-state index >= 15 is 0 Å². The van der Waals surface area contributed by atoms with E-state index in [0.717, 1.165) is 6.20 Å². The molecule has 0 unspecified atom stereocenters. The third-order valence-electron chi connectivity index (χ3n) is 1.25. The van der Waals surface area contributed by atoms with Crippen LogP contribution in [0.3, 0.4) is 0 Å². The van der Waals surface area contributed by atoms with Gasteiger partial charge in [0.05, 0.1) is 0 Å². The molecule has 1 rings (SSSR count). The molecule has 7 nitrogen and oxygen atoms in total. The largest absolute Gasteiger partial charge is 0.541 e. The molecule has 0 aliphatic rings. The summed E-state index contributed by atoms with van der Waals surface area (Å²) in [4.78, 5) is 37.8. The van der Waals surface area contributed by atoms with Crippen molar-refractivity contribution in [3.8, 4) is 0 Å². The average Bonchev–Trinajstić information content (AvgIpc) is 2.17. The van der Waals surface area contributed by atoms with Crippen molar-refractivity contribution in [1.82, 2.24) is 9.97 Å². The molecule has 14 heavy (non-hydrogen) atoms. The van der Waals surface area contributed by atoms with Gasteiger partial charge in [0.1, 0.15) is 11.8 Å². The Morgan fingerprint density at radius 2 is 2.21 bits per heavy atom. The van der Waals surface area contributed by atoms with Crippen molar-refractivity contribution in [2.75, 3.05) is 5.32 Å². The molecule has 0 atom stereocenters. The minimum Gasteiger partial charge on any atom is -0.541 e. The highest BCUT2D eigenvalue weighted by Gasteiger charge is 2.10. The molecule has 72 valence electrons. The van der Waals surface area contributed by atoms with Crippen LogP contribution in [0.4, 0.5) is 5.82 Å². The number of aromatic nitrogens is 2. The van der Waals surface area contributed by atoms with Crippen LogP contribution in [0.2, 0.25) is 0 Å². The lowest BCUT2D eigenvalue weighted by molar-refractivity contribution is -0.296. The first-order valence-corrected chi connectivity index (χ1v) is 3.44. The summed E-state index contributed by atoms with van der Waals surface area (Å²) in [6.45, 7) is 0. The molecule has 0 aliphatic carbocycles. The highest BCUT2D eigenvalue weighted by molar-refractivity contribution is 6.37. The van der Waals surface area contributed by atoms with Gasteiger partial charge in [0.2, 0.25) is 18.0 Å². The molecule has 0 aromatic carbocycles. The number of hydrogen-bond donors (Lipinski definition) is 1. The molecule has 0 spiro atoms. The number of aliphatic carboxylic acids is 1. The lowest BCUT2D eigenvalue weighted by atomic mass is 10.3. The number of carbonyl (C=O) groups is 3. The molecule has 0 fully saturated rings. The number of anilines is 1. The molecular weight excluding hydrogens is 190 g/mol. The normalized spacial score (nSPS) is 9.14. The number of nitrogens with one attached hydrogen (secondary N) is 1. The lowest BCUT2D eigenvalue weighted by Crippen LogP contribution is -2.32. The number of ketones is 1. The van der Waals surface area contributed by atoms with E-state index < -0.39 is 17.6 Å². The van der Waals surface area contributed by atoms with Gasteiger partial charge < -0.3 is 15.2 Å². The van der Waals surface area contributed by atoms with E-state index in [-0.39, 0.29) is 5.82 Å². The summed E-state index contributed by atoms with van der Waals surface area (Å²) in [5.74, 6) is -3.72. The third-order valence-corrected chi connectivity index (χ3v) is 1.25. The Balaban J connectivity index is 2.99. The predicted molar refractivity (Wildman–Crippen MR) is 41.1 cm³/mol. The topological polar surface area (TPSA) is 112 Å². The Bertz CT molecular complexity index is 390. The van der Waals surface area contributed by atoms with Gasteiger partial charge in [-0.15, -0.1) is 0 Å². The second-order valence-electron chi connectivity index (χ2n) is 2.14. The molecule has 1 amide bonds. The maximum absolute atomic E-state index is 10.8. The molecule has 1 heterocycles. The maximum Gasteiger partial charge on any atom is 0.245 e.